The molecule has 0 unspecified atom stereocenters. The van der Waals surface area contributed by atoms with Crippen LogP contribution in [0.3, 0.4) is 0 Å². The summed E-state index contributed by atoms with van der Waals surface area (Å²) >= 11 is 1.64. The standard InChI is InChI=1S/C18H19N3OS/c19-11-14-10-17(23-13-14)12-21-8-6-16(7-9-21)20-18(22)15-4-2-1-3-5-15/h1-5,10,13,16H,6-9,12H2,(H,20,22). The molecule has 2 aromatic rings. The fourth-order valence-electron chi connectivity index (χ4n) is 2.84. The Morgan fingerprint density at radius 1 is 1.30 bits per heavy atom. The molecule has 1 aliphatic rings. The summed E-state index contributed by atoms with van der Waals surface area (Å²) in [5.41, 5.74) is 1.47. The van der Waals surface area contributed by atoms with Crippen LogP contribution in [0.25, 0.3) is 0 Å². The molecule has 5 heteroatoms. The number of nitrogens with zero attached hydrogens (tertiary/aromatic N) is 2. The molecule has 0 bridgehead atoms. The van der Waals surface area contributed by atoms with Gasteiger partial charge in [-0.1, -0.05) is 18.2 Å². The molecule has 0 aliphatic carbocycles. The van der Waals surface area contributed by atoms with E-state index in [4.69, 9.17) is 5.26 Å². The van der Waals surface area contributed by atoms with E-state index in [1.54, 1.807) is 11.3 Å². The summed E-state index contributed by atoms with van der Waals surface area (Å²) in [6.45, 7) is 2.84. The minimum atomic E-state index is 0.0148. The Morgan fingerprint density at radius 2 is 2.04 bits per heavy atom. The van der Waals surface area contributed by atoms with Crippen molar-refractivity contribution in [3.8, 4) is 6.07 Å². The van der Waals surface area contributed by atoms with E-state index >= 15 is 0 Å². The predicted octanol–water partition coefficient (Wildman–Crippen LogP) is 3.01. The van der Waals surface area contributed by atoms with Gasteiger partial charge in [-0.2, -0.15) is 5.26 Å². The zero-order chi connectivity index (χ0) is 16.1. The number of carbonyl (C=O) groups excluding carboxylic acids is 1. The molecule has 23 heavy (non-hydrogen) atoms. The molecule has 3 rings (SSSR count). The van der Waals surface area contributed by atoms with Gasteiger partial charge in [0.2, 0.25) is 0 Å². The molecule has 2 heterocycles. The normalized spacial score (nSPS) is 16.0. The average molecular weight is 325 g/mol. The van der Waals surface area contributed by atoms with E-state index in [0.717, 1.165) is 43.6 Å². The van der Waals surface area contributed by atoms with Crippen LogP contribution in [0.5, 0.6) is 0 Å². The van der Waals surface area contributed by atoms with Crippen molar-refractivity contribution in [1.82, 2.24) is 10.2 Å². The van der Waals surface area contributed by atoms with Crippen molar-refractivity contribution in [2.75, 3.05) is 13.1 Å². The first kappa shape index (κ1) is 15.7. The molecule has 4 nitrogen and oxygen atoms in total. The van der Waals surface area contributed by atoms with Crippen molar-refractivity contribution in [3.05, 3.63) is 57.8 Å². The smallest absolute Gasteiger partial charge is 0.251 e. The van der Waals surface area contributed by atoms with Gasteiger partial charge in [0.15, 0.2) is 0 Å². The maximum atomic E-state index is 12.2. The first-order valence-electron chi connectivity index (χ1n) is 7.80. The van der Waals surface area contributed by atoms with Crippen LogP contribution in [-0.4, -0.2) is 29.9 Å². The molecule has 1 saturated heterocycles. The van der Waals surface area contributed by atoms with Crippen molar-refractivity contribution in [1.29, 1.82) is 5.26 Å². The number of carbonyl (C=O) groups is 1. The highest BCUT2D eigenvalue weighted by Crippen LogP contribution is 2.19. The van der Waals surface area contributed by atoms with Crippen LogP contribution in [0, 0.1) is 11.3 Å². The summed E-state index contributed by atoms with van der Waals surface area (Å²) in [7, 11) is 0. The number of likely N-dealkylation sites (tertiary alicyclic amines) is 1. The molecule has 118 valence electrons. The maximum absolute atomic E-state index is 12.2. The third kappa shape index (κ3) is 4.19. The fourth-order valence-corrected chi connectivity index (χ4v) is 3.69. The number of rotatable bonds is 4. The lowest BCUT2D eigenvalue weighted by molar-refractivity contribution is 0.0909. The highest BCUT2D eigenvalue weighted by molar-refractivity contribution is 7.10. The second kappa shape index (κ2) is 7.40. The van der Waals surface area contributed by atoms with Crippen molar-refractivity contribution in [3.63, 3.8) is 0 Å². The lowest BCUT2D eigenvalue weighted by Crippen LogP contribution is -2.44. The number of hydrogen-bond acceptors (Lipinski definition) is 4. The minimum absolute atomic E-state index is 0.0148. The molecule has 0 saturated carbocycles. The number of nitrogens with one attached hydrogen (secondary N) is 1. The molecule has 1 amide bonds. The van der Waals surface area contributed by atoms with Crippen LogP contribution in [0.4, 0.5) is 0 Å². The number of benzene rings is 1. The van der Waals surface area contributed by atoms with Crippen LogP contribution in [0.1, 0.15) is 33.6 Å². The fraction of sp³-hybridized carbons (Fsp3) is 0.333. The number of piperidine rings is 1. The van der Waals surface area contributed by atoms with Crippen molar-refractivity contribution in [2.45, 2.75) is 25.4 Å². The molecular weight excluding hydrogens is 306 g/mol. The van der Waals surface area contributed by atoms with Crippen LogP contribution >= 0.6 is 11.3 Å². The van der Waals surface area contributed by atoms with Crippen LogP contribution in [0.2, 0.25) is 0 Å². The molecule has 0 spiro atoms. The summed E-state index contributed by atoms with van der Waals surface area (Å²) in [5, 5.41) is 13.9. The van der Waals surface area contributed by atoms with Gasteiger partial charge in [-0.3, -0.25) is 9.69 Å². The first-order valence-corrected chi connectivity index (χ1v) is 8.68. The van der Waals surface area contributed by atoms with E-state index in [2.05, 4.69) is 16.3 Å². The Balaban J connectivity index is 1.47. The topological polar surface area (TPSA) is 56.1 Å². The molecule has 0 atom stereocenters. The Kier molecular flexibility index (Phi) is 5.06. The summed E-state index contributed by atoms with van der Waals surface area (Å²) in [5.74, 6) is 0.0148. The van der Waals surface area contributed by atoms with Gasteiger partial charge in [-0.05, 0) is 31.0 Å². The second-order valence-electron chi connectivity index (χ2n) is 5.80. The van der Waals surface area contributed by atoms with Crippen LogP contribution in [-0.2, 0) is 6.54 Å². The van der Waals surface area contributed by atoms with Crippen molar-refractivity contribution < 1.29 is 4.79 Å². The summed E-state index contributed by atoms with van der Waals surface area (Å²) in [4.78, 5) is 15.8. The van der Waals surface area contributed by atoms with Gasteiger partial charge in [0.25, 0.3) is 5.91 Å². The highest BCUT2D eigenvalue weighted by atomic mass is 32.1. The van der Waals surface area contributed by atoms with Gasteiger partial charge in [-0.25, -0.2) is 0 Å². The minimum Gasteiger partial charge on any atom is -0.349 e. The molecule has 1 aromatic carbocycles. The molecule has 1 aromatic heterocycles. The second-order valence-corrected chi connectivity index (χ2v) is 6.80. The van der Waals surface area contributed by atoms with E-state index in [1.165, 1.54) is 4.88 Å². The molecular formula is C18H19N3OS. The van der Waals surface area contributed by atoms with Crippen molar-refractivity contribution >= 4 is 17.2 Å². The van der Waals surface area contributed by atoms with Crippen LogP contribution in [0.15, 0.2) is 41.8 Å². The van der Waals surface area contributed by atoms with E-state index in [1.807, 2.05) is 41.8 Å². The molecule has 0 radical (unpaired) electrons. The van der Waals surface area contributed by atoms with Gasteiger partial charge in [0.1, 0.15) is 6.07 Å². The molecule has 1 N–H and O–H groups in total. The van der Waals surface area contributed by atoms with Gasteiger partial charge < -0.3 is 5.32 Å². The Morgan fingerprint density at radius 3 is 2.70 bits per heavy atom. The Hall–Kier alpha value is -2.16. The van der Waals surface area contributed by atoms with Crippen molar-refractivity contribution in [2.24, 2.45) is 0 Å². The van der Waals surface area contributed by atoms with E-state index < -0.39 is 0 Å². The average Bonchev–Trinajstić information content (AvgIpc) is 3.05. The van der Waals surface area contributed by atoms with Gasteiger partial charge in [0, 0.05) is 41.5 Å². The Bertz CT molecular complexity index is 697. The zero-order valence-corrected chi connectivity index (χ0v) is 13.7. The number of hydrogen-bond donors (Lipinski definition) is 1. The summed E-state index contributed by atoms with van der Waals surface area (Å²) < 4.78 is 0. The lowest BCUT2D eigenvalue weighted by atomic mass is 10.0. The number of thiophene rings is 1. The first-order chi connectivity index (χ1) is 11.2. The zero-order valence-electron chi connectivity index (χ0n) is 12.9. The van der Waals surface area contributed by atoms with E-state index in [-0.39, 0.29) is 11.9 Å². The summed E-state index contributed by atoms with van der Waals surface area (Å²) in [6, 6.07) is 13.7. The number of nitriles is 1. The Labute approximate surface area is 140 Å². The lowest BCUT2D eigenvalue weighted by Gasteiger charge is -2.32. The largest absolute Gasteiger partial charge is 0.349 e. The van der Waals surface area contributed by atoms with Crippen LogP contribution < -0.4 is 5.32 Å². The maximum Gasteiger partial charge on any atom is 0.251 e. The molecule has 1 fully saturated rings. The summed E-state index contributed by atoms with van der Waals surface area (Å²) in [6.07, 6.45) is 1.93. The molecule has 1 aliphatic heterocycles. The van der Waals surface area contributed by atoms with E-state index in [0.29, 0.717) is 0 Å². The monoisotopic (exact) mass is 325 g/mol. The highest BCUT2D eigenvalue weighted by Gasteiger charge is 2.21. The quantitative estimate of drug-likeness (QED) is 0.940. The SMILES string of the molecule is N#Cc1csc(CN2CCC(NC(=O)c3ccccc3)CC2)c1. The third-order valence-corrected chi connectivity index (χ3v) is 5.04. The van der Waals surface area contributed by atoms with Gasteiger partial charge in [-0.15, -0.1) is 11.3 Å². The third-order valence-electron chi connectivity index (χ3n) is 4.12. The van der Waals surface area contributed by atoms with Gasteiger partial charge >= 0.3 is 0 Å². The predicted molar refractivity (Wildman–Crippen MR) is 91.2 cm³/mol. The number of amides is 1. The van der Waals surface area contributed by atoms with Gasteiger partial charge in [0.05, 0.1) is 5.56 Å². The van der Waals surface area contributed by atoms with E-state index in [9.17, 15) is 4.79 Å².